The van der Waals surface area contributed by atoms with Gasteiger partial charge in [-0.15, -0.1) is 0 Å². The molecule has 5 heteroatoms. The quantitative estimate of drug-likeness (QED) is 0.512. The molecule has 0 atom stereocenters. The van der Waals surface area contributed by atoms with Gasteiger partial charge in [-0.3, -0.25) is 0 Å². The monoisotopic (exact) mass is 519 g/mol. The molecule has 3 N–H and O–H groups in total. The molecule has 5 rings (SSSR count). The summed E-state index contributed by atoms with van der Waals surface area (Å²) in [6.45, 7) is 0. The predicted octanol–water partition coefficient (Wildman–Crippen LogP) is 2.56. The third-order valence-electron chi connectivity index (χ3n) is 5.57. The zero-order valence-electron chi connectivity index (χ0n) is 14.1. The van der Waals surface area contributed by atoms with Gasteiger partial charge in [0.1, 0.15) is 0 Å². The minimum atomic E-state index is -3.99. The van der Waals surface area contributed by atoms with Gasteiger partial charge in [-0.05, 0) is 0 Å². The van der Waals surface area contributed by atoms with Gasteiger partial charge in [0.15, 0.2) is 0 Å². The fourth-order valence-electron chi connectivity index (χ4n) is 4.42. The predicted molar refractivity (Wildman–Crippen MR) is 92.7 cm³/mol. The summed E-state index contributed by atoms with van der Waals surface area (Å²) < 4.78 is 18.6. The molecule has 0 saturated heterocycles. The van der Waals surface area contributed by atoms with Crippen LogP contribution in [0.2, 0.25) is 4.63 Å². The van der Waals surface area contributed by atoms with E-state index in [-0.39, 0.29) is 0 Å². The third kappa shape index (κ3) is 1.89. The van der Waals surface area contributed by atoms with E-state index in [1.807, 2.05) is 0 Å². The summed E-state index contributed by atoms with van der Waals surface area (Å²) in [4.78, 5) is 0. The van der Waals surface area contributed by atoms with E-state index in [0.717, 1.165) is 0 Å². The van der Waals surface area contributed by atoms with Gasteiger partial charge in [-0.25, -0.2) is 0 Å². The van der Waals surface area contributed by atoms with Crippen LogP contribution in [0.1, 0.15) is 32.1 Å². The van der Waals surface area contributed by atoms with Crippen molar-refractivity contribution in [1.29, 1.82) is 0 Å². The fraction of sp³-hybridized carbons (Fsp3) is 0.368. The van der Waals surface area contributed by atoms with Crippen LogP contribution in [-0.4, -0.2) is 6.04 Å². The van der Waals surface area contributed by atoms with Crippen LogP contribution in [0.25, 0.3) is 21.8 Å². The topological polar surface area (TPSA) is 45.8 Å². The van der Waals surface area contributed by atoms with Crippen LogP contribution in [0.4, 0.5) is 0 Å². The van der Waals surface area contributed by atoms with Crippen LogP contribution in [0, 0.1) is 19.9 Å². The van der Waals surface area contributed by atoms with Crippen LogP contribution in [0.15, 0.2) is 48.8 Å². The molecular formula is C19H25AtN4+2. The second kappa shape index (κ2) is 4.94. The molecule has 0 spiro atoms. The van der Waals surface area contributed by atoms with Crippen molar-refractivity contribution in [1.82, 2.24) is 3.26 Å². The van der Waals surface area contributed by atoms with Gasteiger partial charge in [0.25, 0.3) is 0 Å². The summed E-state index contributed by atoms with van der Waals surface area (Å²) in [5, 5.41) is 2.55. The molecule has 4 nitrogen and oxygen atoms in total. The summed E-state index contributed by atoms with van der Waals surface area (Å²) in [6.07, 6.45) is 10.9. The van der Waals surface area contributed by atoms with Crippen LogP contribution in [0.5, 0.6) is 0 Å². The Kier molecular flexibility index (Phi) is 3.11. The van der Waals surface area contributed by atoms with Crippen molar-refractivity contribution in [3.63, 3.8) is 0 Å². The van der Waals surface area contributed by atoms with Crippen molar-refractivity contribution in [3.8, 4) is 0 Å². The number of hydrogen-bond acceptors (Lipinski definition) is 2. The number of hydrogen-bond donors (Lipinski definition) is 2. The molecule has 0 amide bonds. The number of benzene rings is 1. The van der Waals surface area contributed by atoms with Gasteiger partial charge in [-0.1, -0.05) is 0 Å². The van der Waals surface area contributed by atoms with Gasteiger partial charge in [0, 0.05) is 0 Å². The number of nitrogens with two attached hydrogens (primary N) is 1. The second-order valence-corrected chi connectivity index (χ2v) is 21.1. The van der Waals surface area contributed by atoms with Crippen LogP contribution >= 0.6 is 0 Å². The fourth-order valence-corrected chi connectivity index (χ4v) is 17.1. The van der Waals surface area contributed by atoms with Crippen LogP contribution in [-0.2, 0) is 0 Å². The average molecular weight is 519 g/mol. The van der Waals surface area contributed by atoms with Gasteiger partial charge in [-0.2, -0.15) is 0 Å². The third-order valence-corrected chi connectivity index (χ3v) is 18.2. The Labute approximate surface area is 145 Å². The first-order valence-corrected chi connectivity index (χ1v) is 17.5. The van der Waals surface area contributed by atoms with E-state index in [2.05, 4.69) is 61.7 Å². The molecule has 1 aliphatic heterocycles. The molecule has 1 fully saturated rings. The Hall–Kier alpha value is -1.16. The van der Waals surface area contributed by atoms with E-state index in [0.29, 0.717) is 6.04 Å². The van der Waals surface area contributed by atoms with Crippen molar-refractivity contribution >= 4 is 21.8 Å². The molecule has 1 aromatic carbocycles. The van der Waals surface area contributed by atoms with Crippen molar-refractivity contribution in [2.45, 2.75) is 42.8 Å². The number of nitrogens with one attached hydrogen (secondary N) is 1. The first-order valence-electron chi connectivity index (χ1n) is 8.76. The SMILES string of the molecule is C[At]1(N)(NC2CCCCC2)[n+]2cccc3ccc4ccc[n+]1c4c32. The van der Waals surface area contributed by atoms with Crippen LogP contribution in [0.3, 0.4) is 0 Å². The summed E-state index contributed by atoms with van der Waals surface area (Å²) in [6, 6.07) is 13.7. The van der Waals surface area contributed by atoms with Gasteiger partial charge >= 0.3 is 145 Å². The second-order valence-electron chi connectivity index (χ2n) is 7.32. The molecule has 126 valence electrons. The van der Waals surface area contributed by atoms with Gasteiger partial charge in [0.05, 0.1) is 0 Å². The minimum absolute atomic E-state index is 0.538. The summed E-state index contributed by atoms with van der Waals surface area (Å²) in [5.41, 5.74) is 2.59. The number of nitrogens with zero attached hydrogens (tertiary/aromatic N) is 2. The maximum atomic E-state index is 7.41. The van der Waals surface area contributed by atoms with E-state index in [1.54, 1.807) is 0 Å². The number of aromatic nitrogens is 2. The van der Waals surface area contributed by atoms with E-state index in [9.17, 15) is 0 Å². The molecule has 3 aromatic rings. The van der Waals surface area contributed by atoms with E-state index < -0.39 is 19.9 Å². The molecule has 24 heavy (non-hydrogen) atoms. The van der Waals surface area contributed by atoms with Crippen molar-refractivity contribution in [3.05, 3.63) is 48.8 Å². The Morgan fingerprint density at radius 3 is 2.00 bits per heavy atom. The van der Waals surface area contributed by atoms with E-state index in [4.69, 9.17) is 3.68 Å². The Morgan fingerprint density at radius 1 is 0.917 bits per heavy atom. The first-order chi connectivity index (χ1) is 11.6. The maximum absolute atomic E-state index is 7.41. The number of rotatable bonds is 2. The van der Waals surface area contributed by atoms with E-state index >= 15 is 0 Å². The summed E-state index contributed by atoms with van der Waals surface area (Å²) in [7, 11) is 0. The molecule has 1 aliphatic carbocycles. The van der Waals surface area contributed by atoms with Crippen molar-refractivity contribution < 1.29 is 25.0 Å². The van der Waals surface area contributed by atoms with Crippen molar-refractivity contribution in [2.75, 3.05) is 0 Å². The van der Waals surface area contributed by atoms with Crippen molar-refractivity contribution in [2.24, 2.45) is 3.68 Å². The normalized spacial score (nSPS) is 23.5. The Balaban J connectivity index is 1.81. The Morgan fingerprint density at radius 2 is 1.46 bits per heavy atom. The molecule has 2 aliphatic rings. The molecule has 0 radical (unpaired) electrons. The molecule has 1 saturated carbocycles. The molecule has 0 unspecified atom stereocenters. The summed E-state index contributed by atoms with van der Waals surface area (Å²) in [5.74, 6) is 0. The van der Waals surface area contributed by atoms with Crippen LogP contribution < -0.4 is 12.0 Å². The Bertz CT molecular complexity index is 909. The van der Waals surface area contributed by atoms with E-state index in [1.165, 1.54) is 53.9 Å². The molecular weight excluding hydrogens is 494 g/mol. The van der Waals surface area contributed by atoms with Gasteiger partial charge in [0.2, 0.25) is 0 Å². The molecule has 0 bridgehead atoms. The summed E-state index contributed by atoms with van der Waals surface area (Å²) >= 11 is -3.99. The number of pyridine rings is 2. The zero-order valence-corrected chi connectivity index (χ0v) is 17.0. The van der Waals surface area contributed by atoms with Gasteiger partial charge < -0.3 is 0 Å². The zero-order chi connectivity index (χ0) is 16.4. The average Bonchev–Trinajstić information content (AvgIpc) is 2.81. The first kappa shape index (κ1) is 15.1. The molecule has 3 heterocycles. The standard InChI is InChI=1S/C19H25AtN4/c1-20(21,22-17-9-3-2-4-10-17)23-13-5-7-15-11-12-16-8-6-14-24(20)19(16)18(15)23/h5-8,11-14,17,22H,2-4,9-10,21H2,1H3/q+2. The molecule has 2 aromatic heterocycles.